The van der Waals surface area contributed by atoms with Crippen molar-refractivity contribution in [3.8, 4) is 0 Å². The number of likely N-dealkylation sites (N-methyl/N-ethyl adjacent to an activating group) is 1. The van der Waals surface area contributed by atoms with Gasteiger partial charge in [-0.1, -0.05) is 0 Å². The number of alkyl halides is 3. The van der Waals surface area contributed by atoms with Crippen LogP contribution in [0.1, 0.15) is 36.8 Å². The van der Waals surface area contributed by atoms with Gasteiger partial charge in [-0.3, -0.25) is 4.79 Å². The van der Waals surface area contributed by atoms with E-state index in [0.717, 1.165) is 56.6 Å². The number of piperazine rings is 1. The first-order chi connectivity index (χ1) is 17.2. The fourth-order valence-corrected chi connectivity index (χ4v) is 4.36. The lowest BCUT2D eigenvalue weighted by molar-refractivity contribution is -0.137. The van der Waals surface area contributed by atoms with Crippen molar-refractivity contribution in [1.82, 2.24) is 24.8 Å². The van der Waals surface area contributed by atoms with E-state index < -0.39 is 11.7 Å². The van der Waals surface area contributed by atoms with Crippen LogP contribution < -0.4 is 15.5 Å². The molecule has 0 atom stereocenters. The molecule has 4 rings (SSSR count). The Balaban J connectivity index is 1.42. The molecule has 196 valence electrons. The second kappa shape index (κ2) is 11.3. The molecule has 2 aromatic heterocycles. The van der Waals surface area contributed by atoms with Crippen molar-refractivity contribution < 1.29 is 18.0 Å². The third kappa shape index (κ3) is 6.54. The standard InChI is InChI=1S/C24H33F3N8O/c1-17-14-20(34-12-10-33(2)11-13-34)29-16-19(17)31-23-30-15-18(24(25,26)27)22(32-23)28-7-5-9-35-8-4-3-6-21(35)36/h14-16H,3-13H2,1-2H3,(H2,28,30,31,32). The smallest absolute Gasteiger partial charge is 0.369 e. The Morgan fingerprint density at radius 3 is 2.53 bits per heavy atom. The van der Waals surface area contributed by atoms with E-state index in [1.54, 1.807) is 11.1 Å². The third-order valence-corrected chi connectivity index (χ3v) is 6.58. The van der Waals surface area contributed by atoms with Crippen LogP contribution in [0.15, 0.2) is 18.5 Å². The average Bonchev–Trinajstić information content (AvgIpc) is 2.84. The first-order valence-corrected chi connectivity index (χ1v) is 12.3. The van der Waals surface area contributed by atoms with Gasteiger partial charge in [0.2, 0.25) is 11.9 Å². The van der Waals surface area contributed by atoms with Crippen LogP contribution in [0.3, 0.4) is 0 Å². The van der Waals surface area contributed by atoms with Crippen molar-refractivity contribution in [2.24, 2.45) is 0 Å². The molecule has 4 heterocycles. The largest absolute Gasteiger partial charge is 0.421 e. The third-order valence-electron chi connectivity index (χ3n) is 6.58. The SMILES string of the molecule is Cc1cc(N2CCN(C)CC2)ncc1Nc1ncc(C(F)(F)F)c(NCCCN2CCCCC2=O)n1. The summed E-state index contributed by atoms with van der Waals surface area (Å²) in [7, 11) is 2.09. The van der Waals surface area contributed by atoms with Crippen LogP contribution in [0.25, 0.3) is 0 Å². The fraction of sp³-hybridized carbons (Fsp3) is 0.583. The number of likely N-dealkylation sites (tertiary alicyclic amines) is 1. The zero-order valence-corrected chi connectivity index (χ0v) is 20.7. The number of aryl methyl sites for hydroxylation is 1. The number of nitrogens with zero attached hydrogens (tertiary/aromatic N) is 6. The number of hydrogen-bond acceptors (Lipinski definition) is 8. The van der Waals surface area contributed by atoms with Crippen molar-refractivity contribution in [3.63, 3.8) is 0 Å². The monoisotopic (exact) mass is 506 g/mol. The van der Waals surface area contributed by atoms with Crippen LogP contribution in [0.4, 0.5) is 36.4 Å². The highest BCUT2D eigenvalue weighted by molar-refractivity contribution is 5.76. The van der Waals surface area contributed by atoms with E-state index in [2.05, 4.69) is 42.4 Å². The lowest BCUT2D eigenvalue weighted by Gasteiger charge is -2.33. The van der Waals surface area contributed by atoms with E-state index in [4.69, 9.17) is 0 Å². The molecule has 2 fully saturated rings. The van der Waals surface area contributed by atoms with Crippen molar-refractivity contribution in [1.29, 1.82) is 0 Å². The first-order valence-electron chi connectivity index (χ1n) is 12.3. The van der Waals surface area contributed by atoms with Gasteiger partial charge >= 0.3 is 6.18 Å². The predicted octanol–water partition coefficient (Wildman–Crippen LogP) is 3.51. The van der Waals surface area contributed by atoms with Gasteiger partial charge in [0.15, 0.2) is 0 Å². The Hall–Kier alpha value is -3.15. The molecule has 0 saturated carbocycles. The molecule has 2 aromatic rings. The Morgan fingerprint density at radius 1 is 1.06 bits per heavy atom. The van der Waals surface area contributed by atoms with Crippen molar-refractivity contribution in [2.45, 2.75) is 38.8 Å². The highest BCUT2D eigenvalue weighted by Gasteiger charge is 2.35. The Bertz CT molecular complexity index is 1060. The summed E-state index contributed by atoms with van der Waals surface area (Å²) in [6.45, 7) is 7.08. The van der Waals surface area contributed by atoms with Crippen LogP contribution in [0, 0.1) is 6.92 Å². The van der Waals surface area contributed by atoms with Gasteiger partial charge in [-0.2, -0.15) is 18.2 Å². The summed E-state index contributed by atoms with van der Waals surface area (Å²) >= 11 is 0. The van der Waals surface area contributed by atoms with Gasteiger partial charge in [0.05, 0.1) is 11.9 Å². The normalized spacial score (nSPS) is 17.4. The number of aromatic nitrogens is 3. The number of pyridine rings is 1. The van der Waals surface area contributed by atoms with E-state index in [9.17, 15) is 18.0 Å². The van der Waals surface area contributed by atoms with E-state index in [1.165, 1.54) is 0 Å². The number of rotatable bonds is 8. The summed E-state index contributed by atoms with van der Waals surface area (Å²) in [4.78, 5) is 30.7. The maximum atomic E-state index is 13.6. The molecule has 0 spiro atoms. The number of anilines is 4. The second-order valence-electron chi connectivity index (χ2n) is 9.34. The molecule has 9 nitrogen and oxygen atoms in total. The van der Waals surface area contributed by atoms with Gasteiger partial charge in [0, 0.05) is 58.4 Å². The van der Waals surface area contributed by atoms with Gasteiger partial charge in [0.1, 0.15) is 17.2 Å². The minimum absolute atomic E-state index is 0.0500. The molecule has 2 N–H and O–H groups in total. The molecular formula is C24H33F3N8O. The number of carbonyl (C=O) groups excluding carboxylic acids is 1. The zero-order chi connectivity index (χ0) is 25.7. The number of carbonyl (C=O) groups is 1. The number of nitrogens with one attached hydrogen (secondary N) is 2. The van der Waals surface area contributed by atoms with Crippen LogP contribution in [-0.2, 0) is 11.0 Å². The molecule has 0 aromatic carbocycles. The molecule has 0 aliphatic carbocycles. The summed E-state index contributed by atoms with van der Waals surface area (Å²) in [6.07, 6.45) is 0.769. The number of amides is 1. The first kappa shape index (κ1) is 25.9. The van der Waals surface area contributed by atoms with Crippen molar-refractivity contribution >= 4 is 29.2 Å². The maximum absolute atomic E-state index is 13.6. The highest BCUT2D eigenvalue weighted by Crippen LogP contribution is 2.34. The predicted molar refractivity (Wildman–Crippen MR) is 133 cm³/mol. The maximum Gasteiger partial charge on any atom is 0.421 e. The lowest BCUT2D eigenvalue weighted by atomic mass is 10.1. The highest BCUT2D eigenvalue weighted by atomic mass is 19.4. The summed E-state index contributed by atoms with van der Waals surface area (Å²) in [6, 6.07) is 1.96. The molecule has 0 unspecified atom stereocenters. The van der Waals surface area contributed by atoms with Gasteiger partial charge in [-0.15, -0.1) is 0 Å². The molecule has 2 aliphatic heterocycles. The Labute approximate surface area is 209 Å². The quantitative estimate of drug-likeness (QED) is 0.526. The zero-order valence-electron chi connectivity index (χ0n) is 20.7. The minimum atomic E-state index is -4.59. The van der Waals surface area contributed by atoms with Gasteiger partial charge in [-0.05, 0) is 44.9 Å². The Morgan fingerprint density at radius 2 is 1.83 bits per heavy atom. The van der Waals surface area contributed by atoms with Gasteiger partial charge < -0.3 is 25.3 Å². The average molecular weight is 507 g/mol. The molecule has 2 saturated heterocycles. The number of piperidine rings is 1. The molecule has 12 heteroatoms. The molecule has 36 heavy (non-hydrogen) atoms. The van der Waals surface area contributed by atoms with Crippen LogP contribution in [-0.4, -0.2) is 83.5 Å². The van der Waals surface area contributed by atoms with Gasteiger partial charge in [-0.25, -0.2) is 9.97 Å². The summed E-state index contributed by atoms with van der Waals surface area (Å²) in [5, 5.41) is 5.80. The summed E-state index contributed by atoms with van der Waals surface area (Å²) in [5.74, 6) is 0.737. The topological polar surface area (TPSA) is 89.5 Å². The number of halogens is 3. The summed E-state index contributed by atoms with van der Waals surface area (Å²) in [5.41, 5.74) is 0.590. The number of hydrogen-bond donors (Lipinski definition) is 2. The van der Waals surface area contributed by atoms with Crippen LogP contribution in [0.5, 0.6) is 0 Å². The van der Waals surface area contributed by atoms with E-state index >= 15 is 0 Å². The minimum Gasteiger partial charge on any atom is -0.369 e. The van der Waals surface area contributed by atoms with E-state index in [1.807, 2.05) is 13.0 Å². The van der Waals surface area contributed by atoms with Gasteiger partial charge in [0.25, 0.3) is 0 Å². The summed E-state index contributed by atoms with van der Waals surface area (Å²) < 4.78 is 40.7. The Kier molecular flexibility index (Phi) is 8.12. The molecule has 0 bridgehead atoms. The second-order valence-corrected chi connectivity index (χ2v) is 9.34. The van der Waals surface area contributed by atoms with Crippen LogP contribution in [0.2, 0.25) is 0 Å². The van der Waals surface area contributed by atoms with Crippen LogP contribution >= 0.6 is 0 Å². The molecular weight excluding hydrogens is 473 g/mol. The lowest BCUT2D eigenvalue weighted by Crippen LogP contribution is -2.44. The van der Waals surface area contributed by atoms with Crippen molar-refractivity contribution in [2.75, 3.05) is 68.4 Å². The fourth-order valence-electron chi connectivity index (χ4n) is 4.36. The van der Waals surface area contributed by atoms with E-state index in [-0.39, 0.29) is 24.2 Å². The molecule has 1 amide bonds. The van der Waals surface area contributed by atoms with Crippen molar-refractivity contribution in [3.05, 3.63) is 29.6 Å². The molecule has 2 aliphatic rings. The van der Waals surface area contributed by atoms with E-state index in [0.29, 0.717) is 31.6 Å². The molecule has 0 radical (unpaired) electrons.